The maximum Gasteiger partial charge on any atom is 0.363 e. The third kappa shape index (κ3) is 2.98. The van der Waals surface area contributed by atoms with E-state index in [9.17, 15) is 19.3 Å². The molecule has 0 amide bonds. The number of ether oxygens (including phenoxy) is 1. The molecule has 6 nitrogen and oxygen atoms in total. The van der Waals surface area contributed by atoms with Crippen molar-refractivity contribution in [2.75, 3.05) is 0 Å². The van der Waals surface area contributed by atoms with Crippen LogP contribution in [-0.2, 0) is 9.53 Å². The molecule has 3 rings (SSSR count). The molecule has 0 fully saturated rings. The first-order valence-corrected chi connectivity index (χ1v) is 6.56. The second-order valence-electron chi connectivity index (χ2n) is 4.67. The Bertz CT molecular complexity index is 874. The van der Waals surface area contributed by atoms with Crippen LogP contribution in [0.2, 0.25) is 0 Å². The van der Waals surface area contributed by atoms with Crippen molar-refractivity contribution in [1.82, 2.24) is 0 Å². The van der Waals surface area contributed by atoms with Crippen LogP contribution in [0.5, 0.6) is 0 Å². The highest BCUT2D eigenvalue weighted by molar-refractivity contribution is 6.12. The molecule has 114 valence electrons. The molecule has 0 aromatic heterocycles. The van der Waals surface area contributed by atoms with Crippen LogP contribution >= 0.6 is 0 Å². The molecular weight excluding hydrogens is 303 g/mol. The fourth-order valence-electron chi connectivity index (χ4n) is 2.05. The molecule has 1 aliphatic rings. The van der Waals surface area contributed by atoms with E-state index in [1.54, 1.807) is 12.1 Å². The van der Waals surface area contributed by atoms with Crippen molar-refractivity contribution in [3.63, 3.8) is 0 Å². The van der Waals surface area contributed by atoms with Crippen molar-refractivity contribution in [3.05, 3.63) is 81.3 Å². The molecule has 1 heterocycles. The average molecular weight is 312 g/mol. The lowest BCUT2D eigenvalue weighted by Gasteiger charge is -1.99. The van der Waals surface area contributed by atoms with E-state index in [4.69, 9.17) is 4.74 Å². The van der Waals surface area contributed by atoms with Gasteiger partial charge in [-0.3, -0.25) is 10.1 Å². The van der Waals surface area contributed by atoms with Crippen LogP contribution < -0.4 is 0 Å². The van der Waals surface area contributed by atoms with Crippen LogP contribution in [0.1, 0.15) is 11.1 Å². The summed E-state index contributed by atoms with van der Waals surface area (Å²) < 4.78 is 18.7. The SMILES string of the molecule is O=C1OC(c2ccccc2F)=N/C1=C\c1cccc([N+](=O)[O-])c1. The summed E-state index contributed by atoms with van der Waals surface area (Å²) in [6.07, 6.45) is 1.35. The molecule has 0 spiro atoms. The van der Waals surface area contributed by atoms with Crippen LogP contribution in [0, 0.1) is 15.9 Å². The van der Waals surface area contributed by atoms with Gasteiger partial charge < -0.3 is 4.74 Å². The molecule has 7 heteroatoms. The summed E-state index contributed by atoms with van der Waals surface area (Å²) in [6.45, 7) is 0. The van der Waals surface area contributed by atoms with Crippen molar-refractivity contribution < 1.29 is 18.8 Å². The van der Waals surface area contributed by atoms with Gasteiger partial charge in [0.1, 0.15) is 5.82 Å². The zero-order valence-electron chi connectivity index (χ0n) is 11.6. The van der Waals surface area contributed by atoms with Crippen LogP contribution in [0.15, 0.2) is 59.2 Å². The smallest absolute Gasteiger partial charge is 0.363 e. The number of nitro groups is 1. The van der Waals surface area contributed by atoms with Crippen molar-refractivity contribution >= 4 is 23.6 Å². The Balaban J connectivity index is 1.97. The van der Waals surface area contributed by atoms with Gasteiger partial charge in [-0.15, -0.1) is 0 Å². The van der Waals surface area contributed by atoms with Gasteiger partial charge in [-0.05, 0) is 23.8 Å². The van der Waals surface area contributed by atoms with Crippen molar-refractivity contribution in [2.45, 2.75) is 0 Å². The number of hydrogen-bond donors (Lipinski definition) is 0. The highest BCUT2D eigenvalue weighted by Crippen LogP contribution is 2.22. The number of carbonyl (C=O) groups excluding carboxylic acids is 1. The van der Waals surface area contributed by atoms with Gasteiger partial charge in [-0.25, -0.2) is 14.2 Å². The Kier molecular flexibility index (Phi) is 3.68. The summed E-state index contributed by atoms with van der Waals surface area (Å²) in [4.78, 5) is 26.0. The number of carbonyl (C=O) groups is 1. The van der Waals surface area contributed by atoms with E-state index < -0.39 is 16.7 Å². The van der Waals surface area contributed by atoms with Gasteiger partial charge in [-0.2, -0.15) is 0 Å². The fourth-order valence-corrected chi connectivity index (χ4v) is 2.05. The Labute approximate surface area is 129 Å². The average Bonchev–Trinajstić information content (AvgIpc) is 2.89. The molecule has 0 N–H and O–H groups in total. The second kappa shape index (κ2) is 5.80. The highest BCUT2D eigenvalue weighted by atomic mass is 19.1. The van der Waals surface area contributed by atoms with E-state index in [0.717, 1.165) is 0 Å². The molecule has 0 radical (unpaired) electrons. The molecule has 0 saturated carbocycles. The Hall–Kier alpha value is -3.35. The molecular formula is C16H9FN2O4. The number of nitrogens with zero attached hydrogens (tertiary/aromatic N) is 2. The quantitative estimate of drug-likeness (QED) is 0.377. The maximum atomic E-state index is 13.7. The minimum atomic E-state index is -0.741. The van der Waals surface area contributed by atoms with Gasteiger partial charge in [-0.1, -0.05) is 24.3 Å². The Morgan fingerprint density at radius 3 is 2.70 bits per heavy atom. The van der Waals surface area contributed by atoms with Crippen LogP contribution in [0.4, 0.5) is 10.1 Å². The van der Waals surface area contributed by atoms with E-state index in [0.29, 0.717) is 5.56 Å². The molecule has 23 heavy (non-hydrogen) atoms. The normalized spacial score (nSPS) is 15.4. The summed E-state index contributed by atoms with van der Waals surface area (Å²) in [6, 6.07) is 11.5. The highest BCUT2D eigenvalue weighted by Gasteiger charge is 2.26. The monoisotopic (exact) mass is 312 g/mol. The first kappa shape index (κ1) is 14.6. The van der Waals surface area contributed by atoms with E-state index in [-0.39, 0.29) is 22.8 Å². The number of cyclic esters (lactones) is 1. The number of non-ortho nitro benzene ring substituents is 1. The summed E-state index contributed by atoms with van der Waals surface area (Å²) >= 11 is 0. The van der Waals surface area contributed by atoms with E-state index in [1.807, 2.05) is 0 Å². The van der Waals surface area contributed by atoms with Gasteiger partial charge in [0.2, 0.25) is 5.90 Å². The number of nitro benzene ring substituents is 1. The number of aliphatic imine (C=N–C) groups is 1. The van der Waals surface area contributed by atoms with Crippen molar-refractivity contribution in [2.24, 2.45) is 4.99 Å². The lowest BCUT2D eigenvalue weighted by Crippen LogP contribution is -2.07. The van der Waals surface area contributed by atoms with Crippen LogP contribution in [0.3, 0.4) is 0 Å². The number of rotatable bonds is 3. The Morgan fingerprint density at radius 2 is 1.96 bits per heavy atom. The standard InChI is InChI=1S/C16H9FN2O4/c17-13-7-2-1-6-12(13)15-18-14(16(20)23-15)9-10-4-3-5-11(8-10)19(21)22/h1-9H/b14-9-. The zero-order chi connectivity index (χ0) is 16.4. The molecule has 0 atom stereocenters. The topological polar surface area (TPSA) is 81.8 Å². The lowest BCUT2D eigenvalue weighted by molar-refractivity contribution is -0.384. The van der Waals surface area contributed by atoms with Gasteiger partial charge in [0, 0.05) is 12.1 Å². The van der Waals surface area contributed by atoms with E-state index in [2.05, 4.69) is 4.99 Å². The van der Waals surface area contributed by atoms with Gasteiger partial charge in [0.25, 0.3) is 5.69 Å². The summed E-state index contributed by atoms with van der Waals surface area (Å²) in [5, 5.41) is 10.8. The second-order valence-corrected chi connectivity index (χ2v) is 4.67. The van der Waals surface area contributed by atoms with Gasteiger partial charge >= 0.3 is 5.97 Å². The van der Waals surface area contributed by atoms with Gasteiger partial charge in [0.15, 0.2) is 5.70 Å². The molecule has 0 bridgehead atoms. The predicted molar refractivity (Wildman–Crippen MR) is 80.1 cm³/mol. The number of benzene rings is 2. The van der Waals surface area contributed by atoms with Crippen molar-refractivity contribution in [3.8, 4) is 0 Å². The number of esters is 1. The third-order valence-electron chi connectivity index (χ3n) is 3.11. The summed E-state index contributed by atoms with van der Waals surface area (Å²) in [5.74, 6) is -1.44. The van der Waals surface area contributed by atoms with Crippen LogP contribution in [-0.4, -0.2) is 16.8 Å². The van der Waals surface area contributed by atoms with Crippen LogP contribution in [0.25, 0.3) is 6.08 Å². The molecule has 1 aliphatic heterocycles. The molecule has 0 aliphatic carbocycles. The maximum absolute atomic E-state index is 13.7. The first-order chi connectivity index (χ1) is 11.0. The van der Waals surface area contributed by atoms with Crippen molar-refractivity contribution in [1.29, 1.82) is 0 Å². The molecule has 2 aromatic carbocycles. The zero-order valence-corrected chi connectivity index (χ0v) is 11.6. The lowest BCUT2D eigenvalue weighted by atomic mass is 10.1. The first-order valence-electron chi connectivity index (χ1n) is 6.56. The predicted octanol–water partition coefficient (Wildman–Crippen LogP) is 3.08. The largest absolute Gasteiger partial charge is 0.402 e. The fraction of sp³-hybridized carbons (Fsp3) is 0. The minimum Gasteiger partial charge on any atom is -0.402 e. The number of halogens is 1. The van der Waals surface area contributed by atoms with E-state index >= 15 is 0 Å². The summed E-state index contributed by atoms with van der Waals surface area (Å²) in [7, 11) is 0. The summed E-state index contributed by atoms with van der Waals surface area (Å²) in [5.41, 5.74) is 0.334. The van der Waals surface area contributed by atoms with Gasteiger partial charge in [0.05, 0.1) is 10.5 Å². The van der Waals surface area contributed by atoms with E-state index in [1.165, 1.54) is 42.5 Å². The Morgan fingerprint density at radius 1 is 1.17 bits per heavy atom. The third-order valence-corrected chi connectivity index (χ3v) is 3.11. The molecule has 0 unspecified atom stereocenters. The molecule has 0 saturated heterocycles. The molecule has 2 aromatic rings. The number of hydrogen-bond acceptors (Lipinski definition) is 5. The minimum absolute atomic E-state index is 0.0521.